The zero-order valence-electron chi connectivity index (χ0n) is 9.51. The second-order valence-corrected chi connectivity index (χ2v) is 3.48. The quantitative estimate of drug-likeness (QED) is 0.704. The second-order valence-electron chi connectivity index (χ2n) is 3.48. The van der Waals surface area contributed by atoms with Crippen molar-refractivity contribution in [3.63, 3.8) is 0 Å². The van der Waals surface area contributed by atoms with E-state index in [0.717, 1.165) is 11.3 Å². The van der Waals surface area contributed by atoms with Crippen LogP contribution in [-0.2, 0) is 0 Å². The second kappa shape index (κ2) is 5.29. The minimum absolute atomic E-state index is 0.292. The van der Waals surface area contributed by atoms with Crippen molar-refractivity contribution >= 4 is 5.57 Å². The summed E-state index contributed by atoms with van der Waals surface area (Å²) in [6, 6.07) is 0.292. The lowest BCUT2D eigenvalue weighted by Gasteiger charge is -2.01. The van der Waals surface area contributed by atoms with E-state index in [4.69, 9.17) is 0 Å². The molecule has 1 rings (SSSR count). The van der Waals surface area contributed by atoms with E-state index >= 15 is 0 Å². The molecule has 0 radical (unpaired) electrons. The first-order valence-electron chi connectivity index (χ1n) is 5.06. The molecule has 0 bridgehead atoms. The first-order chi connectivity index (χ1) is 7.19. The molecule has 0 amide bonds. The minimum atomic E-state index is 0.292. The van der Waals surface area contributed by atoms with Crippen LogP contribution in [0.4, 0.5) is 0 Å². The molecule has 3 heteroatoms. The highest BCUT2D eigenvalue weighted by Gasteiger charge is 2.05. The van der Waals surface area contributed by atoms with Crippen LogP contribution in [0.1, 0.15) is 32.5 Å². The average molecular weight is 203 g/mol. The highest BCUT2D eigenvalue weighted by atomic mass is 15.5. The van der Waals surface area contributed by atoms with Crippen molar-refractivity contribution in [2.75, 3.05) is 0 Å². The van der Waals surface area contributed by atoms with Crippen LogP contribution < -0.4 is 0 Å². The highest BCUT2D eigenvalue weighted by molar-refractivity contribution is 5.70. The summed E-state index contributed by atoms with van der Waals surface area (Å²) in [5, 5.41) is 8.58. The van der Waals surface area contributed by atoms with E-state index in [2.05, 4.69) is 30.6 Å². The summed E-state index contributed by atoms with van der Waals surface area (Å²) >= 11 is 0. The van der Waals surface area contributed by atoms with E-state index in [1.54, 1.807) is 17.1 Å². The fraction of sp³-hybridized carbons (Fsp3) is 0.333. The van der Waals surface area contributed by atoms with E-state index in [1.807, 2.05) is 25.2 Å². The zero-order valence-corrected chi connectivity index (χ0v) is 9.51. The molecule has 15 heavy (non-hydrogen) atoms. The Morgan fingerprint density at radius 3 is 2.73 bits per heavy atom. The van der Waals surface area contributed by atoms with E-state index in [9.17, 15) is 0 Å². The Morgan fingerprint density at radius 1 is 1.53 bits per heavy atom. The van der Waals surface area contributed by atoms with Crippen molar-refractivity contribution in [2.45, 2.75) is 26.8 Å². The van der Waals surface area contributed by atoms with Crippen LogP contribution in [0.5, 0.6) is 0 Å². The van der Waals surface area contributed by atoms with Gasteiger partial charge in [0.25, 0.3) is 0 Å². The van der Waals surface area contributed by atoms with Gasteiger partial charge in [0.1, 0.15) is 5.69 Å². The van der Waals surface area contributed by atoms with Gasteiger partial charge in [-0.25, -0.2) is 0 Å². The van der Waals surface area contributed by atoms with Crippen molar-refractivity contribution in [1.82, 2.24) is 15.0 Å². The zero-order chi connectivity index (χ0) is 11.3. The molecule has 1 aromatic heterocycles. The molecule has 0 aliphatic carbocycles. The fourth-order valence-corrected chi connectivity index (χ4v) is 1.16. The molecule has 0 unspecified atom stereocenters. The molecule has 0 fully saturated rings. The lowest BCUT2D eigenvalue weighted by Crippen LogP contribution is -2.04. The highest BCUT2D eigenvalue weighted by Crippen LogP contribution is 2.13. The predicted octanol–water partition coefficient (Wildman–Crippen LogP) is 3.00. The lowest BCUT2D eigenvalue weighted by atomic mass is 10.2. The van der Waals surface area contributed by atoms with Crippen molar-refractivity contribution in [1.29, 1.82) is 0 Å². The summed E-state index contributed by atoms with van der Waals surface area (Å²) in [7, 11) is 0. The maximum Gasteiger partial charge on any atom is 0.112 e. The molecule has 0 aliphatic rings. The summed E-state index contributed by atoms with van der Waals surface area (Å²) in [6.45, 7) is 9.73. The maximum absolute atomic E-state index is 4.39. The van der Waals surface area contributed by atoms with E-state index in [-0.39, 0.29) is 0 Å². The SMILES string of the molecule is C=C/C=C\C(=C/C)c1cnn(C(C)C)n1. The van der Waals surface area contributed by atoms with Crippen LogP contribution in [0.2, 0.25) is 0 Å². The summed E-state index contributed by atoms with van der Waals surface area (Å²) in [5.74, 6) is 0. The summed E-state index contributed by atoms with van der Waals surface area (Å²) in [6.07, 6.45) is 9.40. The molecular formula is C12H17N3. The number of hydrogen-bond donors (Lipinski definition) is 0. The molecule has 80 valence electrons. The summed E-state index contributed by atoms with van der Waals surface area (Å²) < 4.78 is 0. The van der Waals surface area contributed by atoms with E-state index in [1.165, 1.54) is 0 Å². The van der Waals surface area contributed by atoms with Gasteiger partial charge < -0.3 is 0 Å². The van der Waals surface area contributed by atoms with E-state index < -0.39 is 0 Å². The Bertz CT molecular complexity index is 383. The van der Waals surface area contributed by atoms with Gasteiger partial charge in [-0.05, 0) is 26.3 Å². The third-order valence-corrected chi connectivity index (χ3v) is 1.99. The van der Waals surface area contributed by atoms with Gasteiger partial charge in [-0.1, -0.05) is 30.9 Å². The van der Waals surface area contributed by atoms with Crippen LogP contribution in [0.25, 0.3) is 5.57 Å². The van der Waals surface area contributed by atoms with Crippen LogP contribution in [0.3, 0.4) is 0 Å². The fourth-order valence-electron chi connectivity index (χ4n) is 1.16. The number of allylic oxidation sites excluding steroid dienone is 5. The van der Waals surface area contributed by atoms with Crippen LogP contribution in [0, 0.1) is 0 Å². The predicted molar refractivity (Wildman–Crippen MR) is 63.4 cm³/mol. The molecule has 0 N–H and O–H groups in total. The van der Waals surface area contributed by atoms with Crippen molar-refractivity contribution < 1.29 is 0 Å². The third kappa shape index (κ3) is 2.91. The van der Waals surface area contributed by atoms with Gasteiger partial charge in [-0.15, -0.1) is 0 Å². The molecular weight excluding hydrogens is 186 g/mol. The van der Waals surface area contributed by atoms with Crippen molar-refractivity contribution in [2.24, 2.45) is 0 Å². The normalized spacial score (nSPS) is 12.7. The van der Waals surface area contributed by atoms with Crippen molar-refractivity contribution in [3.8, 4) is 0 Å². The molecule has 3 nitrogen and oxygen atoms in total. The maximum atomic E-state index is 4.39. The molecule has 0 aromatic carbocycles. The topological polar surface area (TPSA) is 30.7 Å². The molecule has 0 saturated carbocycles. The molecule has 0 atom stereocenters. The largest absolute Gasteiger partial charge is 0.182 e. The van der Waals surface area contributed by atoms with Crippen LogP contribution in [0.15, 0.2) is 37.1 Å². The van der Waals surface area contributed by atoms with Gasteiger partial charge in [-0.2, -0.15) is 15.0 Å². The van der Waals surface area contributed by atoms with Gasteiger partial charge in [-0.3, -0.25) is 0 Å². The number of aromatic nitrogens is 3. The molecule has 0 spiro atoms. The Morgan fingerprint density at radius 2 is 2.27 bits per heavy atom. The number of nitrogens with zero attached hydrogens (tertiary/aromatic N) is 3. The third-order valence-electron chi connectivity index (χ3n) is 1.99. The van der Waals surface area contributed by atoms with Gasteiger partial charge in [0, 0.05) is 0 Å². The Labute approximate surface area is 90.8 Å². The lowest BCUT2D eigenvalue weighted by molar-refractivity contribution is 0.465. The van der Waals surface area contributed by atoms with Gasteiger partial charge >= 0.3 is 0 Å². The van der Waals surface area contributed by atoms with Crippen LogP contribution in [-0.4, -0.2) is 15.0 Å². The van der Waals surface area contributed by atoms with E-state index in [0.29, 0.717) is 6.04 Å². The van der Waals surface area contributed by atoms with Gasteiger partial charge in [0.15, 0.2) is 0 Å². The first-order valence-corrected chi connectivity index (χ1v) is 5.06. The summed E-state index contributed by atoms with van der Waals surface area (Å²) in [4.78, 5) is 1.71. The van der Waals surface area contributed by atoms with Crippen LogP contribution >= 0.6 is 0 Å². The minimum Gasteiger partial charge on any atom is -0.182 e. The molecule has 1 heterocycles. The number of rotatable bonds is 4. The summed E-state index contributed by atoms with van der Waals surface area (Å²) in [5.41, 5.74) is 1.95. The Balaban J connectivity index is 2.94. The van der Waals surface area contributed by atoms with Gasteiger partial charge in [0.2, 0.25) is 0 Å². The smallest absolute Gasteiger partial charge is 0.112 e. The number of hydrogen-bond acceptors (Lipinski definition) is 2. The van der Waals surface area contributed by atoms with Crippen molar-refractivity contribution in [3.05, 3.63) is 42.8 Å². The van der Waals surface area contributed by atoms with Gasteiger partial charge in [0.05, 0.1) is 12.2 Å². The Hall–Kier alpha value is -1.64. The molecule has 0 aliphatic heterocycles. The Kier molecular flexibility index (Phi) is 4.03. The molecule has 1 aromatic rings. The standard InChI is InChI=1S/C12H17N3/c1-5-7-8-11(6-2)12-9-13-15(14-12)10(3)4/h5-10H,1H2,2-4H3/b8-7-,11-6+. The monoisotopic (exact) mass is 203 g/mol. The first kappa shape index (κ1) is 11.4. The molecule has 0 saturated heterocycles. The average Bonchev–Trinajstić information content (AvgIpc) is 2.68.